The number of halogens is 3. The first-order valence-electron chi connectivity index (χ1n) is 9.58. The van der Waals surface area contributed by atoms with E-state index in [9.17, 15) is 14.0 Å². The summed E-state index contributed by atoms with van der Waals surface area (Å²) in [4.78, 5) is 27.0. The van der Waals surface area contributed by atoms with Crippen LogP contribution in [0.15, 0.2) is 42.5 Å². The molecule has 156 valence electrons. The molecule has 0 spiro atoms. The number of hydrogen-bond donors (Lipinski definition) is 1. The minimum atomic E-state index is -0.778. The third-order valence-corrected chi connectivity index (χ3v) is 5.39. The quantitative estimate of drug-likeness (QED) is 0.559. The largest absolute Gasteiger partial charge is 0.354 e. The lowest BCUT2D eigenvalue weighted by atomic mass is 10.1. The number of unbranched alkanes of at least 4 members (excludes halogenated alkanes) is 1. The second-order valence-corrected chi connectivity index (χ2v) is 7.62. The molecular formula is C22H25Cl2FN2O2. The summed E-state index contributed by atoms with van der Waals surface area (Å²) in [5.41, 5.74) is 0.817. The van der Waals surface area contributed by atoms with Crippen LogP contribution in [0, 0.1) is 5.82 Å². The number of benzene rings is 2. The minimum Gasteiger partial charge on any atom is -0.354 e. The number of nitrogens with zero attached hydrogens (tertiary/aromatic N) is 1. The molecule has 2 amide bonds. The summed E-state index contributed by atoms with van der Waals surface area (Å²) in [5, 5.41) is 3.57. The summed E-state index contributed by atoms with van der Waals surface area (Å²) >= 11 is 12.4. The molecule has 0 saturated carbocycles. The average molecular weight is 439 g/mol. The van der Waals surface area contributed by atoms with E-state index in [0.29, 0.717) is 27.7 Å². The maximum Gasteiger partial charge on any atom is 0.242 e. The molecule has 0 aliphatic heterocycles. The summed E-state index contributed by atoms with van der Waals surface area (Å²) in [6, 6.07) is 10.4. The van der Waals surface area contributed by atoms with Gasteiger partial charge >= 0.3 is 0 Å². The van der Waals surface area contributed by atoms with Crippen LogP contribution < -0.4 is 5.32 Å². The topological polar surface area (TPSA) is 49.4 Å². The molecule has 0 saturated heterocycles. The first kappa shape index (κ1) is 23.2. The number of amides is 2. The lowest BCUT2D eigenvalue weighted by Crippen LogP contribution is -2.48. The molecule has 4 nitrogen and oxygen atoms in total. The van der Waals surface area contributed by atoms with E-state index in [-0.39, 0.29) is 24.8 Å². The smallest absolute Gasteiger partial charge is 0.242 e. The van der Waals surface area contributed by atoms with Crippen molar-refractivity contribution in [3.63, 3.8) is 0 Å². The third-order valence-electron chi connectivity index (χ3n) is 4.69. The number of nitrogens with one attached hydrogen (secondary N) is 1. The predicted molar refractivity (Wildman–Crippen MR) is 114 cm³/mol. The van der Waals surface area contributed by atoms with Gasteiger partial charge in [-0.25, -0.2) is 4.39 Å². The zero-order valence-corrected chi connectivity index (χ0v) is 18.1. The predicted octanol–water partition coefficient (Wildman–Crippen LogP) is 5.01. The summed E-state index contributed by atoms with van der Waals surface area (Å²) < 4.78 is 14.2. The van der Waals surface area contributed by atoms with Gasteiger partial charge in [0, 0.05) is 28.7 Å². The minimum absolute atomic E-state index is 0.0318. The monoisotopic (exact) mass is 438 g/mol. The van der Waals surface area contributed by atoms with Gasteiger partial charge in [0.25, 0.3) is 0 Å². The van der Waals surface area contributed by atoms with Crippen molar-refractivity contribution in [2.24, 2.45) is 0 Å². The molecule has 0 aromatic heterocycles. The maximum absolute atomic E-state index is 14.2. The second-order valence-electron chi connectivity index (χ2n) is 6.81. The van der Waals surface area contributed by atoms with Crippen molar-refractivity contribution < 1.29 is 14.0 Å². The van der Waals surface area contributed by atoms with Gasteiger partial charge in [0.15, 0.2) is 0 Å². The number of carbonyl (C=O) groups excluding carboxylic acids is 2. The first-order chi connectivity index (χ1) is 13.8. The molecule has 0 fully saturated rings. The van der Waals surface area contributed by atoms with Crippen LogP contribution in [0.3, 0.4) is 0 Å². The van der Waals surface area contributed by atoms with Gasteiger partial charge in [0.1, 0.15) is 11.9 Å². The van der Waals surface area contributed by atoms with Gasteiger partial charge in [-0.2, -0.15) is 0 Å². The van der Waals surface area contributed by atoms with E-state index in [1.54, 1.807) is 43.3 Å². The highest BCUT2D eigenvalue weighted by Crippen LogP contribution is 2.26. The molecule has 0 heterocycles. The van der Waals surface area contributed by atoms with Crippen LogP contribution in [0.2, 0.25) is 10.0 Å². The SMILES string of the molecule is CCCCNC(=O)C(C)N(Cc1ccccc1F)C(=O)Cc1c(Cl)cccc1Cl. The van der Waals surface area contributed by atoms with Gasteiger partial charge < -0.3 is 10.2 Å². The Labute approximate surface area is 181 Å². The number of rotatable bonds is 9. The highest BCUT2D eigenvalue weighted by molar-refractivity contribution is 6.36. The highest BCUT2D eigenvalue weighted by Gasteiger charge is 2.27. The molecule has 2 rings (SSSR count). The molecule has 0 bridgehead atoms. The van der Waals surface area contributed by atoms with Crippen LogP contribution in [0.5, 0.6) is 0 Å². The summed E-state index contributed by atoms with van der Waals surface area (Å²) in [6.07, 6.45) is 1.70. The Morgan fingerprint density at radius 2 is 1.76 bits per heavy atom. The van der Waals surface area contributed by atoms with Crippen molar-refractivity contribution in [2.75, 3.05) is 6.54 Å². The van der Waals surface area contributed by atoms with Crippen molar-refractivity contribution in [3.8, 4) is 0 Å². The fourth-order valence-corrected chi connectivity index (χ4v) is 3.41. The van der Waals surface area contributed by atoms with E-state index < -0.39 is 11.9 Å². The third kappa shape index (κ3) is 6.44. The molecule has 1 N–H and O–H groups in total. The lowest BCUT2D eigenvalue weighted by Gasteiger charge is -2.29. The number of hydrogen-bond acceptors (Lipinski definition) is 2. The Balaban J connectivity index is 2.26. The van der Waals surface area contributed by atoms with E-state index in [0.717, 1.165) is 12.8 Å². The molecule has 0 aliphatic carbocycles. The van der Waals surface area contributed by atoms with Crippen molar-refractivity contribution in [1.82, 2.24) is 10.2 Å². The van der Waals surface area contributed by atoms with Crippen LogP contribution in [-0.4, -0.2) is 29.3 Å². The molecular weight excluding hydrogens is 414 g/mol. The molecule has 0 aliphatic rings. The van der Waals surface area contributed by atoms with Gasteiger partial charge in [0.2, 0.25) is 11.8 Å². The van der Waals surface area contributed by atoms with Crippen molar-refractivity contribution in [3.05, 3.63) is 69.5 Å². The van der Waals surface area contributed by atoms with E-state index in [1.165, 1.54) is 11.0 Å². The molecule has 2 aromatic rings. The highest BCUT2D eigenvalue weighted by atomic mass is 35.5. The summed E-state index contributed by atoms with van der Waals surface area (Å²) in [5.74, 6) is -1.07. The first-order valence-corrected chi connectivity index (χ1v) is 10.3. The molecule has 1 unspecified atom stereocenters. The Bertz CT molecular complexity index is 840. The van der Waals surface area contributed by atoms with Gasteiger partial charge in [-0.05, 0) is 37.1 Å². The Morgan fingerprint density at radius 1 is 1.10 bits per heavy atom. The van der Waals surface area contributed by atoms with E-state index in [4.69, 9.17) is 23.2 Å². The average Bonchev–Trinajstić information content (AvgIpc) is 2.69. The van der Waals surface area contributed by atoms with Gasteiger partial charge in [-0.1, -0.05) is 60.8 Å². The summed E-state index contributed by atoms with van der Waals surface area (Å²) in [6.45, 7) is 4.15. The van der Waals surface area contributed by atoms with Crippen LogP contribution in [-0.2, 0) is 22.6 Å². The second kappa shape index (κ2) is 11.2. The maximum atomic E-state index is 14.2. The summed E-state index contributed by atoms with van der Waals surface area (Å²) in [7, 11) is 0. The lowest BCUT2D eigenvalue weighted by molar-refractivity contribution is -0.140. The van der Waals surface area contributed by atoms with Crippen molar-refractivity contribution in [2.45, 2.75) is 45.7 Å². The number of carbonyl (C=O) groups is 2. The van der Waals surface area contributed by atoms with E-state index in [2.05, 4.69) is 5.32 Å². The van der Waals surface area contributed by atoms with Crippen LogP contribution in [0.4, 0.5) is 4.39 Å². The Kier molecular flexibility index (Phi) is 8.93. The fraction of sp³-hybridized carbons (Fsp3) is 0.364. The zero-order chi connectivity index (χ0) is 21.4. The van der Waals surface area contributed by atoms with E-state index >= 15 is 0 Å². The zero-order valence-electron chi connectivity index (χ0n) is 16.6. The molecule has 0 radical (unpaired) electrons. The van der Waals surface area contributed by atoms with Crippen LogP contribution >= 0.6 is 23.2 Å². The molecule has 29 heavy (non-hydrogen) atoms. The van der Waals surface area contributed by atoms with Crippen molar-refractivity contribution in [1.29, 1.82) is 0 Å². The van der Waals surface area contributed by atoms with Gasteiger partial charge in [-0.15, -0.1) is 0 Å². The normalized spacial score (nSPS) is 11.8. The Hall–Kier alpha value is -2.11. The standard InChI is InChI=1S/C22H25Cl2FN2O2/c1-3-4-12-26-22(29)15(2)27(14-16-8-5-6-11-20(16)25)21(28)13-17-18(23)9-7-10-19(17)24/h5-11,15H,3-4,12-14H2,1-2H3,(H,26,29). The van der Waals surface area contributed by atoms with Gasteiger partial charge in [-0.3, -0.25) is 9.59 Å². The van der Waals surface area contributed by atoms with Crippen molar-refractivity contribution >= 4 is 35.0 Å². The van der Waals surface area contributed by atoms with Gasteiger partial charge in [0.05, 0.1) is 6.42 Å². The van der Waals surface area contributed by atoms with Crippen LogP contribution in [0.25, 0.3) is 0 Å². The molecule has 7 heteroatoms. The molecule has 2 aromatic carbocycles. The Morgan fingerprint density at radius 3 is 2.38 bits per heavy atom. The van der Waals surface area contributed by atoms with E-state index in [1.807, 2.05) is 6.92 Å². The molecule has 1 atom stereocenters. The van der Waals surface area contributed by atoms with Crippen LogP contribution in [0.1, 0.15) is 37.8 Å². The fourth-order valence-electron chi connectivity index (χ4n) is 2.88.